The van der Waals surface area contributed by atoms with Crippen LogP contribution in [0.2, 0.25) is 0 Å². The molecule has 0 amide bonds. The van der Waals surface area contributed by atoms with Crippen molar-refractivity contribution in [2.45, 2.75) is 6.54 Å². The van der Waals surface area contributed by atoms with Gasteiger partial charge in [0.05, 0.1) is 32.6 Å². The second-order valence-electron chi connectivity index (χ2n) is 6.94. The smallest absolute Gasteiger partial charge is 0.230 e. The van der Waals surface area contributed by atoms with E-state index >= 15 is 0 Å². The van der Waals surface area contributed by atoms with E-state index in [-0.39, 0.29) is 5.95 Å². The van der Waals surface area contributed by atoms with Gasteiger partial charge in [0.25, 0.3) is 0 Å². The number of aromatic nitrogens is 3. The van der Waals surface area contributed by atoms with Crippen LogP contribution < -0.4 is 20.3 Å². The number of anilines is 3. The maximum Gasteiger partial charge on any atom is 0.230 e. The minimum absolute atomic E-state index is 0.277. The molecule has 3 heterocycles. The molecule has 2 aliphatic heterocycles. The summed E-state index contributed by atoms with van der Waals surface area (Å²) in [6, 6.07) is 8.15. The van der Waals surface area contributed by atoms with Crippen LogP contribution in [0.15, 0.2) is 24.3 Å². The highest BCUT2D eigenvalue weighted by atomic mass is 16.5. The Labute approximate surface area is 165 Å². The van der Waals surface area contributed by atoms with Crippen LogP contribution in [-0.4, -0.2) is 79.4 Å². The predicted octanol–water partition coefficient (Wildman–Crippen LogP) is 0.621. The molecule has 0 unspecified atom stereocenters. The van der Waals surface area contributed by atoms with Gasteiger partial charge in [0.1, 0.15) is 11.6 Å². The number of nitrogens with zero attached hydrogens (tertiary/aromatic N) is 6. The van der Waals surface area contributed by atoms with E-state index in [9.17, 15) is 0 Å². The topological polar surface area (TPSA) is 92.9 Å². The van der Waals surface area contributed by atoms with Crippen molar-refractivity contribution in [2.75, 3.05) is 75.1 Å². The van der Waals surface area contributed by atoms with Crippen molar-refractivity contribution in [1.82, 2.24) is 19.9 Å². The Kier molecular flexibility index (Phi) is 5.73. The largest absolute Gasteiger partial charge is 0.495 e. The zero-order valence-electron chi connectivity index (χ0n) is 16.3. The lowest BCUT2D eigenvalue weighted by atomic mass is 10.2. The lowest BCUT2D eigenvalue weighted by Crippen LogP contribution is -2.46. The van der Waals surface area contributed by atoms with Gasteiger partial charge < -0.3 is 25.0 Å². The third kappa shape index (κ3) is 4.26. The maximum absolute atomic E-state index is 5.94. The molecule has 1 aromatic heterocycles. The lowest BCUT2D eigenvalue weighted by molar-refractivity contribution is 0.122. The molecule has 0 radical (unpaired) electrons. The normalized spacial score (nSPS) is 18.3. The molecule has 2 aliphatic rings. The Bertz CT molecular complexity index is 790. The first kappa shape index (κ1) is 18.7. The van der Waals surface area contributed by atoms with Crippen LogP contribution in [0, 0.1) is 0 Å². The third-order valence-electron chi connectivity index (χ3n) is 5.14. The monoisotopic (exact) mass is 385 g/mol. The van der Waals surface area contributed by atoms with Crippen molar-refractivity contribution in [3.05, 3.63) is 30.1 Å². The zero-order valence-corrected chi connectivity index (χ0v) is 16.3. The average molecular weight is 385 g/mol. The highest BCUT2D eigenvalue weighted by molar-refractivity contribution is 5.58. The molecule has 0 saturated carbocycles. The number of morpholine rings is 1. The number of methoxy groups -OCH3 is 1. The molecule has 9 heteroatoms. The van der Waals surface area contributed by atoms with Crippen LogP contribution in [0.3, 0.4) is 0 Å². The van der Waals surface area contributed by atoms with Crippen molar-refractivity contribution < 1.29 is 9.47 Å². The van der Waals surface area contributed by atoms with Gasteiger partial charge in [0.2, 0.25) is 11.9 Å². The highest BCUT2D eigenvalue weighted by Gasteiger charge is 2.21. The van der Waals surface area contributed by atoms with E-state index in [0.717, 1.165) is 56.5 Å². The second-order valence-corrected chi connectivity index (χ2v) is 6.94. The number of ether oxygens (including phenoxy) is 2. The number of piperazine rings is 1. The number of benzene rings is 1. The van der Waals surface area contributed by atoms with Crippen molar-refractivity contribution in [3.63, 3.8) is 0 Å². The molecule has 4 rings (SSSR count). The molecule has 1 aromatic carbocycles. The standard InChI is InChI=1S/C19H27N7O2/c1-27-16-5-3-2-4-15(16)25-8-6-24(7-9-25)14-17-21-18(20)23-19(22-17)26-10-12-28-13-11-26/h2-5H,6-14H2,1H3,(H2,20,21,22,23). The Balaban J connectivity index is 1.39. The molecule has 28 heavy (non-hydrogen) atoms. The zero-order chi connectivity index (χ0) is 19.3. The maximum atomic E-state index is 5.94. The van der Waals surface area contributed by atoms with E-state index < -0.39 is 0 Å². The number of rotatable bonds is 5. The molecular formula is C19H27N7O2. The van der Waals surface area contributed by atoms with Crippen molar-refractivity contribution >= 4 is 17.6 Å². The van der Waals surface area contributed by atoms with Gasteiger partial charge >= 0.3 is 0 Å². The number of nitrogen functional groups attached to an aromatic ring is 1. The molecule has 0 spiro atoms. The van der Waals surface area contributed by atoms with Crippen LogP contribution in [0.4, 0.5) is 17.6 Å². The Morgan fingerprint density at radius 2 is 1.71 bits per heavy atom. The summed E-state index contributed by atoms with van der Waals surface area (Å²) in [5.41, 5.74) is 7.08. The molecule has 0 aliphatic carbocycles. The summed E-state index contributed by atoms with van der Waals surface area (Å²) in [5.74, 6) is 2.56. The van der Waals surface area contributed by atoms with Crippen molar-refractivity contribution in [1.29, 1.82) is 0 Å². The summed E-state index contributed by atoms with van der Waals surface area (Å²) in [6.07, 6.45) is 0. The summed E-state index contributed by atoms with van der Waals surface area (Å²) < 4.78 is 10.9. The fraction of sp³-hybridized carbons (Fsp3) is 0.526. The van der Waals surface area contributed by atoms with Gasteiger partial charge in [-0.1, -0.05) is 12.1 Å². The number of nitrogens with two attached hydrogens (primary N) is 1. The van der Waals surface area contributed by atoms with Crippen LogP contribution in [0.25, 0.3) is 0 Å². The third-order valence-corrected chi connectivity index (χ3v) is 5.14. The number of para-hydroxylation sites is 2. The van der Waals surface area contributed by atoms with E-state index in [1.54, 1.807) is 7.11 Å². The molecule has 2 fully saturated rings. The van der Waals surface area contributed by atoms with Crippen LogP contribution >= 0.6 is 0 Å². The SMILES string of the molecule is COc1ccccc1N1CCN(Cc2nc(N)nc(N3CCOCC3)n2)CC1. The first-order chi connectivity index (χ1) is 13.7. The van der Waals surface area contributed by atoms with Gasteiger partial charge in [-0.05, 0) is 12.1 Å². The van der Waals surface area contributed by atoms with Gasteiger partial charge in [0.15, 0.2) is 0 Å². The number of hydrogen-bond donors (Lipinski definition) is 1. The molecule has 0 atom stereocenters. The van der Waals surface area contributed by atoms with E-state index in [1.807, 2.05) is 18.2 Å². The minimum atomic E-state index is 0.277. The lowest BCUT2D eigenvalue weighted by Gasteiger charge is -2.36. The minimum Gasteiger partial charge on any atom is -0.495 e. The van der Waals surface area contributed by atoms with Crippen LogP contribution in [-0.2, 0) is 11.3 Å². The van der Waals surface area contributed by atoms with E-state index in [2.05, 4.69) is 35.7 Å². The van der Waals surface area contributed by atoms with Gasteiger partial charge in [-0.2, -0.15) is 15.0 Å². The summed E-state index contributed by atoms with van der Waals surface area (Å²) in [6.45, 7) is 7.31. The van der Waals surface area contributed by atoms with Gasteiger partial charge in [-0.15, -0.1) is 0 Å². The molecule has 9 nitrogen and oxygen atoms in total. The fourth-order valence-electron chi connectivity index (χ4n) is 3.64. The molecule has 2 aromatic rings. The first-order valence-corrected chi connectivity index (χ1v) is 9.66. The van der Waals surface area contributed by atoms with Crippen LogP contribution in [0.5, 0.6) is 5.75 Å². The molecule has 150 valence electrons. The van der Waals surface area contributed by atoms with E-state index in [0.29, 0.717) is 25.7 Å². The Morgan fingerprint density at radius 3 is 2.46 bits per heavy atom. The van der Waals surface area contributed by atoms with Gasteiger partial charge in [-0.3, -0.25) is 4.90 Å². The molecule has 2 saturated heterocycles. The van der Waals surface area contributed by atoms with E-state index in [1.165, 1.54) is 0 Å². The van der Waals surface area contributed by atoms with Gasteiger partial charge in [-0.25, -0.2) is 0 Å². The summed E-state index contributed by atoms with van der Waals surface area (Å²) >= 11 is 0. The molecule has 2 N–H and O–H groups in total. The highest BCUT2D eigenvalue weighted by Crippen LogP contribution is 2.28. The van der Waals surface area contributed by atoms with Crippen LogP contribution in [0.1, 0.15) is 5.82 Å². The van der Waals surface area contributed by atoms with Crippen molar-refractivity contribution in [2.24, 2.45) is 0 Å². The predicted molar refractivity (Wildman–Crippen MR) is 108 cm³/mol. The van der Waals surface area contributed by atoms with Gasteiger partial charge in [0, 0.05) is 39.3 Å². The average Bonchev–Trinajstić information content (AvgIpc) is 2.74. The quantitative estimate of drug-likeness (QED) is 0.795. The summed E-state index contributed by atoms with van der Waals surface area (Å²) in [7, 11) is 1.71. The summed E-state index contributed by atoms with van der Waals surface area (Å²) in [5, 5.41) is 0. The Morgan fingerprint density at radius 1 is 0.964 bits per heavy atom. The first-order valence-electron chi connectivity index (χ1n) is 9.66. The molecule has 0 bridgehead atoms. The summed E-state index contributed by atoms with van der Waals surface area (Å²) in [4.78, 5) is 20.1. The van der Waals surface area contributed by atoms with Crippen molar-refractivity contribution in [3.8, 4) is 5.75 Å². The number of hydrogen-bond acceptors (Lipinski definition) is 9. The fourth-order valence-corrected chi connectivity index (χ4v) is 3.64. The second kappa shape index (κ2) is 8.57. The molecular weight excluding hydrogens is 358 g/mol. The Hall–Kier alpha value is -2.65. The van der Waals surface area contributed by atoms with E-state index in [4.69, 9.17) is 15.2 Å².